The predicted molar refractivity (Wildman–Crippen MR) is 77.7 cm³/mol. The maximum atomic E-state index is 12.2. The molecule has 0 amide bonds. The Bertz CT molecular complexity index is 351. The Hall–Kier alpha value is -0.530. The second kappa shape index (κ2) is 4.79. The average Bonchev–Trinajstić information content (AvgIpc) is 2.87. The van der Waals surface area contributed by atoms with Crippen molar-refractivity contribution in [1.82, 2.24) is 0 Å². The van der Waals surface area contributed by atoms with Crippen molar-refractivity contribution in [2.24, 2.45) is 28.6 Å². The Labute approximate surface area is 118 Å². The molecule has 0 aliphatic heterocycles. The highest BCUT2D eigenvalue weighted by Gasteiger charge is 2.51. The van der Waals surface area contributed by atoms with Gasteiger partial charge < -0.3 is 4.74 Å². The van der Waals surface area contributed by atoms with E-state index in [4.69, 9.17) is 4.74 Å². The van der Waals surface area contributed by atoms with Gasteiger partial charge in [-0.05, 0) is 62.7 Å². The lowest BCUT2D eigenvalue weighted by Crippen LogP contribution is -2.36. The van der Waals surface area contributed by atoms with E-state index >= 15 is 0 Å². The van der Waals surface area contributed by atoms with Crippen LogP contribution in [0.15, 0.2) is 0 Å². The molecule has 2 fully saturated rings. The summed E-state index contributed by atoms with van der Waals surface area (Å²) in [7, 11) is 0. The molecular formula is C17H30O2. The standard InChI is InChI=1S/C17H30O2/c1-7-17(5,6)15(18)19-14-10-11-8-12(14)9-13(11)16(2,3)4/h11-14H,7-10H2,1-6H3. The van der Waals surface area contributed by atoms with Gasteiger partial charge in [-0.25, -0.2) is 0 Å². The number of rotatable bonds is 3. The Morgan fingerprint density at radius 1 is 1.05 bits per heavy atom. The van der Waals surface area contributed by atoms with Gasteiger partial charge in [-0.2, -0.15) is 0 Å². The first-order valence-corrected chi connectivity index (χ1v) is 7.86. The van der Waals surface area contributed by atoms with Crippen LogP contribution in [0.4, 0.5) is 0 Å². The van der Waals surface area contributed by atoms with Gasteiger partial charge >= 0.3 is 5.97 Å². The highest BCUT2D eigenvalue weighted by Crippen LogP contribution is 2.55. The molecule has 2 saturated carbocycles. The molecule has 0 N–H and O–H groups in total. The number of fused-ring (bicyclic) bond motifs is 2. The second-order valence-electron chi connectivity index (χ2n) is 8.38. The van der Waals surface area contributed by atoms with Crippen LogP contribution in [0.25, 0.3) is 0 Å². The monoisotopic (exact) mass is 266 g/mol. The molecule has 2 nitrogen and oxygen atoms in total. The van der Waals surface area contributed by atoms with Gasteiger partial charge in [0.1, 0.15) is 6.10 Å². The van der Waals surface area contributed by atoms with E-state index in [9.17, 15) is 4.79 Å². The Balaban J connectivity index is 1.94. The van der Waals surface area contributed by atoms with E-state index in [-0.39, 0.29) is 17.5 Å². The zero-order valence-electron chi connectivity index (χ0n) is 13.5. The summed E-state index contributed by atoms with van der Waals surface area (Å²) in [6.45, 7) is 13.1. The molecule has 0 spiro atoms. The number of hydrogen-bond acceptors (Lipinski definition) is 2. The number of hydrogen-bond donors (Lipinski definition) is 0. The molecule has 0 radical (unpaired) electrons. The van der Waals surface area contributed by atoms with Gasteiger partial charge in [0.05, 0.1) is 5.41 Å². The van der Waals surface area contributed by atoms with Crippen molar-refractivity contribution >= 4 is 5.97 Å². The first-order chi connectivity index (χ1) is 8.65. The van der Waals surface area contributed by atoms with Gasteiger partial charge in [0, 0.05) is 0 Å². The molecule has 0 heterocycles. The van der Waals surface area contributed by atoms with Crippen molar-refractivity contribution in [3.8, 4) is 0 Å². The van der Waals surface area contributed by atoms with Gasteiger partial charge in [-0.15, -0.1) is 0 Å². The van der Waals surface area contributed by atoms with Crippen molar-refractivity contribution in [1.29, 1.82) is 0 Å². The lowest BCUT2D eigenvalue weighted by molar-refractivity contribution is -0.163. The minimum absolute atomic E-state index is 0.000131. The van der Waals surface area contributed by atoms with Gasteiger partial charge in [0.25, 0.3) is 0 Å². The van der Waals surface area contributed by atoms with Crippen molar-refractivity contribution in [2.45, 2.75) is 73.3 Å². The molecule has 2 aliphatic carbocycles. The van der Waals surface area contributed by atoms with Gasteiger partial charge in [0.2, 0.25) is 0 Å². The largest absolute Gasteiger partial charge is 0.462 e. The summed E-state index contributed by atoms with van der Waals surface area (Å²) in [6.07, 6.45) is 4.66. The van der Waals surface area contributed by atoms with Crippen molar-refractivity contribution in [2.75, 3.05) is 0 Å². The van der Waals surface area contributed by atoms with Crippen LogP contribution in [0.2, 0.25) is 0 Å². The molecule has 0 aromatic rings. The molecular weight excluding hydrogens is 236 g/mol. The zero-order chi connectivity index (χ0) is 14.4. The summed E-state index contributed by atoms with van der Waals surface area (Å²) < 4.78 is 5.82. The maximum Gasteiger partial charge on any atom is 0.311 e. The summed E-state index contributed by atoms with van der Waals surface area (Å²) in [4.78, 5) is 12.2. The van der Waals surface area contributed by atoms with E-state index in [1.165, 1.54) is 12.8 Å². The summed E-state index contributed by atoms with van der Waals surface area (Å²) in [6, 6.07) is 0. The van der Waals surface area contributed by atoms with Gasteiger partial charge in [0.15, 0.2) is 0 Å². The van der Waals surface area contributed by atoms with Crippen LogP contribution in [0, 0.1) is 28.6 Å². The molecule has 4 atom stereocenters. The van der Waals surface area contributed by atoms with E-state index in [2.05, 4.69) is 27.7 Å². The zero-order valence-corrected chi connectivity index (χ0v) is 13.5. The SMILES string of the molecule is CCC(C)(C)C(=O)OC1CC2CC1CC2C(C)(C)C. The summed E-state index contributed by atoms with van der Waals surface area (Å²) in [5, 5.41) is 0. The molecule has 2 aliphatic rings. The number of esters is 1. The van der Waals surface area contributed by atoms with Crippen molar-refractivity contribution in [3.63, 3.8) is 0 Å². The van der Waals surface area contributed by atoms with E-state index < -0.39 is 0 Å². The highest BCUT2D eigenvalue weighted by molar-refractivity contribution is 5.76. The van der Waals surface area contributed by atoms with Gasteiger partial charge in [-0.1, -0.05) is 27.7 Å². The normalized spacial score (nSPS) is 34.6. The molecule has 2 heteroatoms. The summed E-state index contributed by atoms with van der Waals surface area (Å²) >= 11 is 0. The smallest absolute Gasteiger partial charge is 0.311 e. The fraction of sp³-hybridized carbons (Fsp3) is 0.941. The summed E-state index contributed by atoms with van der Waals surface area (Å²) in [5.74, 6) is 2.20. The Morgan fingerprint density at radius 3 is 2.11 bits per heavy atom. The van der Waals surface area contributed by atoms with Crippen LogP contribution in [-0.2, 0) is 9.53 Å². The molecule has 2 bridgehead atoms. The van der Waals surface area contributed by atoms with Crippen molar-refractivity contribution in [3.05, 3.63) is 0 Å². The number of carbonyl (C=O) groups is 1. The molecule has 4 unspecified atom stereocenters. The third-order valence-corrected chi connectivity index (χ3v) is 5.60. The third-order valence-electron chi connectivity index (χ3n) is 5.60. The van der Waals surface area contributed by atoms with E-state index in [1.807, 2.05) is 13.8 Å². The Morgan fingerprint density at radius 2 is 1.68 bits per heavy atom. The molecule has 110 valence electrons. The molecule has 2 rings (SSSR count). The van der Waals surface area contributed by atoms with Crippen LogP contribution >= 0.6 is 0 Å². The lowest BCUT2D eigenvalue weighted by Gasteiger charge is -2.37. The van der Waals surface area contributed by atoms with E-state index in [0.29, 0.717) is 11.3 Å². The average molecular weight is 266 g/mol. The number of carbonyl (C=O) groups excluding carboxylic acids is 1. The topological polar surface area (TPSA) is 26.3 Å². The van der Waals surface area contributed by atoms with Crippen LogP contribution in [0.1, 0.15) is 67.2 Å². The number of ether oxygens (including phenoxy) is 1. The minimum atomic E-state index is -0.328. The predicted octanol–water partition coefficient (Wildman–Crippen LogP) is 4.43. The molecule has 0 aromatic carbocycles. The molecule has 19 heavy (non-hydrogen) atoms. The first-order valence-electron chi connectivity index (χ1n) is 7.86. The van der Waals surface area contributed by atoms with E-state index in [1.54, 1.807) is 0 Å². The maximum absolute atomic E-state index is 12.2. The van der Waals surface area contributed by atoms with E-state index in [0.717, 1.165) is 24.7 Å². The third kappa shape index (κ3) is 2.83. The van der Waals surface area contributed by atoms with Crippen LogP contribution in [-0.4, -0.2) is 12.1 Å². The van der Waals surface area contributed by atoms with Gasteiger partial charge in [-0.3, -0.25) is 4.79 Å². The summed E-state index contributed by atoms with van der Waals surface area (Å²) in [5.41, 5.74) is 0.0718. The van der Waals surface area contributed by atoms with Crippen LogP contribution in [0.5, 0.6) is 0 Å². The van der Waals surface area contributed by atoms with Crippen LogP contribution < -0.4 is 0 Å². The minimum Gasteiger partial charge on any atom is -0.462 e. The fourth-order valence-electron chi connectivity index (χ4n) is 3.87. The molecule has 0 aromatic heterocycles. The fourth-order valence-corrected chi connectivity index (χ4v) is 3.87. The Kier molecular flexibility index (Phi) is 3.75. The van der Waals surface area contributed by atoms with Crippen LogP contribution in [0.3, 0.4) is 0 Å². The second-order valence-corrected chi connectivity index (χ2v) is 8.38. The highest BCUT2D eigenvalue weighted by atomic mass is 16.5. The molecule has 0 saturated heterocycles. The quantitative estimate of drug-likeness (QED) is 0.706. The van der Waals surface area contributed by atoms with Crippen molar-refractivity contribution < 1.29 is 9.53 Å². The lowest BCUT2D eigenvalue weighted by atomic mass is 9.71. The first kappa shape index (κ1) is 14.9.